The minimum atomic E-state index is -0.00220. The van der Waals surface area contributed by atoms with Crippen molar-refractivity contribution in [3.63, 3.8) is 0 Å². The molecule has 3 rings (SSSR count). The first-order valence-electron chi connectivity index (χ1n) is 9.41. The summed E-state index contributed by atoms with van der Waals surface area (Å²) in [6.45, 7) is 2.44. The monoisotopic (exact) mass is 412 g/mol. The minimum Gasteiger partial charge on any atom is -0.490 e. The zero-order valence-corrected chi connectivity index (χ0v) is 16.9. The number of allylic oxidation sites excluding steroid dienone is 1. The molecule has 1 aromatic heterocycles. The van der Waals surface area contributed by atoms with E-state index in [-0.39, 0.29) is 29.9 Å². The number of anilines is 3. The van der Waals surface area contributed by atoms with Gasteiger partial charge in [0.05, 0.1) is 12.2 Å². The lowest BCUT2D eigenvalue weighted by Gasteiger charge is -2.11. The Kier molecular flexibility index (Phi) is 7.02. The highest BCUT2D eigenvalue weighted by atomic mass is 16.5. The quantitative estimate of drug-likeness (QED) is 0.425. The molecule has 0 aliphatic rings. The van der Waals surface area contributed by atoms with E-state index < -0.39 is 0 Å². The molecule has 0 aliphatic heterocycles. The Morgan fingerprint density at radius 1 is 1.13 bits per heavy atom. The Labute approximate surface area is 180 Å². The van der Waals surface area contributed by atoms with E-state index in [1.807, 2.05) is 37.3 Å². The molecule has 8 heteroatoms. The largest absolute Gasteiger partial charge is 0.490 e. The van der Waals surface area contributed by atoms with Crippen molar-refractivity contribution in [2.24, 2.45) is 0 Å². The van der Waals surface area contributed by atoms with Crippen LogP contribution in [0, 0.1) is 23.7 Å². The third-order valence-corrected chi connectivity index (χ3v) is 3.93. The molecule has 0 radical (unpaired) electrons. The molecule has 0 atom stereocenters. The van der Waals surface area contributed by atoms with Gasteiger partial charge < -0.3 is 20.5 Å². The number of terminal acetylenes is 1. The second-order valence-electron chi connectivity index (χ2n) is 6.13. The lowest BCUT2D eigenvalue weighted by atomic mass is 10.1. The summed E-state index contributed by atoms with van der Waals surface area (Å²) in [5.41, 5.74) is 7.53. The van der Waals surface area contributed by atoms with Crippen LogP contribution in [0.1, 0.15) is 18.3 Å². The summed E-state index contributed by atoms with van der Waals surface area (Å²) in [5.74, 6) is 3.85. The highest BCUT2D eigenvalue weighted by Gasteiger charge is 2.12. The van der Waals surface area contributed by atoms with Gasteiger partial charge in [-0.05, 0) is 42.8 Å². The van der Waals surface area contributed by atoms with Gasteiger partial charge in [-0.25, -0.2) is 0 Å². The maximum absolute atomic E-state index is 9.70. The number of ether oxygens (including phenoxy) is 2. The maximum atomic E-state index is 9.70. The molecule has 31 heavy (non-hydrogen) atoms. The highest BCUT2D eigenvalue weighted by molar-refractivity contribution is 5.87. The third-order valence-electron chi connectivity index (χ3n) is 3.93. The molecule has 8 nitrogen and oxygen atoms in total. The zero-order chi connectivity index (χ0) is 22.1. The molecule has 2 aromatic carbocycles. The van der Waals surface area contributed by atoms with Crippen LogP contribution in [0.4, 0.5) is 17.6 Å². The number of nitrogens with zero attached hydrogens (tertiary/aromatic N) is 4. The number of nitrogens with one attached hydrogen (secondary N) is 1. The summed E-state index contributed by atoms with van der Waals surface area (Å²) in [4.78, 5) is 12.5. The van der Waals surface area contributed by atoms with Crippen molar-refractivity contribution in [1.82, 2.24) is 15.0 Å². The molecule has 3 N–H and O–H groups in total. The average Bonchev–Trinajstić information content (AvgIpc) is 2.77. The van der Waals surface area contributed by atoms with Crippen molar-refractivity contribution in [3.8, 4) is 29.9 Å². The molecule has 0 saturated carbocycles. The average molecular weight is 412 g/mol. The molecule has 0 aliphatic carbocycles. The molecular weight excluding hydrogens is 392 g/mol. The van der Waals surface area contributed by atoms with E-state index in [2.05, 4.69) is 32.3 Å². The highest BCUT2D eigenvalue weighted by Crippen LogP contribution is 2.30. The number of hydrogen-bond donors (Lipinski definition) is 2. The van der Waals surface area contributed by atoms with E-state index in [0.29, 0.717) is 23.7 Å². The van der Waals surface area contributed by atoms with E-state index in [1.54, 1.807) is 24.3 Å². The van der Waals surface area contributed by atoms with Gasteiger partial charge in [-0.1, -0.05) is 30.2 Å². The van der Waals surface area contributed by atoms with Crippen LogP contribution in [-0.2, 0) is 0 Å². The van der Waals surface area contributed by atoms with Crippen molar-refractivity contribution >= 4 is 29.2 Å². The molecule has 154 valence electrons. The van der Waals surface area contributed by atoms with Gasteiger partial charge in [0.15, 0.2) is 17.3 Å². The summed E-state index contributed by atoms with van der Waals surface area (Å²) in [7, 11) is 0. The first-order valence-corrected chi connectivity index (χ1v) is 9.41. The van der Waals surface area contributed by atoms with Gasteiger partial charge in [0.25, 0.3) is 0 Å². The van der Waals surface area contributed by atoms with Gasteiger partial charge in [0, 0.05) is 5.69 Å². The summed E-state index contributed by atoms with van der Waals surface area (Å²) in [6, 6.07) is 16.7. The Bertz CT molecular complexity index is 1160. The lowest BCUT2D eigenvalue weighted by molar-refractivity contribution is 0.299. The number of nitrogen functional groups attached to an aromatic ring is 1. The Balaban J connectivity index is 1.93. The van der Waals surface area contributed by atoms with Crippen LogP contribution in [0.15, 0.2) is 48.5 Å². The van der Waals surface area contributed by atoms with Crippen LogP contribution in [0.2, 0.25) is 0 Å². The second-order valence-corrected chi connectivity index (χ2v) is 6.13. The van der Waals surface area contributed by atoms with Gasteiger partial charge in [0.2, 0.25) is 11.9 Å². The van der Waals surface area contributed by atoms with Crippen molar-refractivity contribution in [2.45, 2.75) is 6.92 Å². The molecule has 0 amide bonds. The van der Waals surface area contributed by atoms with E-state index in [1.165, 1.54) is 0 Å². The molecule has 0 spiro atoms. The van der Waals surface area contributed by atoms with Crippen LogP contribution in [0.3, 0.4) is 0 Å². The molecule has 3 aromatic rings. The van der Waals surface area contributed by atoms with Gasteiger partial charge >= 0.3 is 0 Å². The normalized spacial score (nSPS) is 10.6. The van der Waals surface area contributed by atoms with E-state index in [4.69, 9.17) is 21.6 Å². The van der Waals surface area contributed by atoms with Gasteiger partial charge in [0.1, 0.15) is 12.7 Å². The van der Waals surface area contributed by atoms with Crippen molar-refractivity contribution in [1.29, 1.82) is 5.26 Å². The Hall–Kier alpha value is -4.56. The van der Waals surface area contributed by atoms with Crippen molar-refractivity contribution in [2.75, 3.05) is 24.3 Å². The molecule has 0 unspecified atom stereocenters. The summed E-state index contributed by atoms with van der Waals surface area (Å²) in [6.07, 6.45) is 6.89. The van der Waals surface area contributed by atoms with Crippen molar-refractivity contribution in [3.05, 3.63) is 59.9 Å². The van der Waals surface area contributed by atoms with Crippen LogP contribution in [0.5, 0.6) is 11.5 Å². The number of nitriles is 1. The number of aromatic nitrogens is 3. The number of benzene rings is 2. The van der Waals surface area contributed by atoms with Gasteiger partial charge in [-0.2, -0.15) is 20.2 Å². The summed E-state index contributed by atoms with van der Waals surface area (Å²) >= 11 is 0. The van der Waals surface area contributed by atoms with E-state index in [9.17, 15) is 5.26 Å². The number of hydrogen-bond acceptors (Lipinski definition) is 8. The minimum absolute atomic E-state index is 0.00220. The smallest absolute Gasteiger partial charge is 0.232 e. The second kappa shape index (κ2) is 10.3. The summed E-state index contributed by atoms with van der Waals surface area (Å²) < 4.78 is 11.1. The Morgan fingerprint density at radius 3 is 2.65 bits per heavy atom. The molecular formula is C23H20N6O2. The molecule has 0 fully saturated rings. The molecule has 0 saturated heterocycles. The fourth-order valence-electron chi connectivity index (χ4n) is 2.65. The maximum Gasteiger partial charge on any atom is 0.232 e. The fraction of sp³-hybridized carbons (Fsp3) is 0.130. The summed E-state index contributed by atoms with van der Waals surface area (Å²) in [5, 5.41) is 12.7. The van der Waals surface area contributed by atoms with Crippen LogP contribution in [0.25, 0.3) is 11.6 Å². The zero-order valence-electron chi connectivity index (χ0n) is 16.9. The standard InChI is InChI=1S/C23H20N6O2/c1-3-12-31-19-11-10-16(14-20(19)30-4-2)13-17(15-24)21-27-22(25)29-23(28-21)26-18-8-6-5-7-9-18/h1,5-11,13-14H,4,12H2,2H3,(H3,25,26,27,28,29)/b17-13+. The van der Waals surface area contributed by atoms with Gasteiger partial charge in [-0.3, -0.25) is 0 Å². The van der Waals surface area contributed by atoms with Gasteiger partial charge in [-0.15, -0.1) is 6.42 Å². The van der Waals surface area contributed by atoms with E-state index >= 15 is 0 Å². The number of para-hydroxylation sites is 1. The predicted octanol–water partition coefficient (Wildman–Crippen LogP) is 3.67. The van der Waals surface area contributed by atoms with E-state index in [0.717, 1.165) is 5.69 Å². The SMILES string of the molecule is C#CCOc1ccc(/C=C(\C#N)c2nc(N)nc(Nc3ccccc3)n2)cc1OCC. The lowest BCUT2D eigenvalue weighted by Crippen LogP contribution is -2.06. The Morgan fingerprint density at radius 2 is 1.94 bits per heavy atom. The topological polar surface area (TPSA) is 119 Å². The third kappa shape index (κ3) is 5.72. The first kappa shape index (κ1) is 21.2. The van der Waals surface area contributed by atoms with Crippen LogP contribution < -0.4 is 20.5 Å². The van der Waals surface area contributed by atoms with Crippen LogP contribution >= 0.6 is 0 Å². The number of nitrogens with two attached hydrogens (primary N) is 1. The fourth-order valence-corrected chi connectivity index (χ4v) is 2.65. The van der Waals surface area contributed by atoms with Crippen molar-refractivity contribution < 1.29 is 9.47 Å². The number of rotatable bonds is 8. The predicted molar refractivity (Wildman–Crippen MR) is 119 cm³/mol. The first-order chi connectivity index (χ1) is 15.1. The molecule has 0 bridgehead atoms. The molecule has 1 heterocycles. The van der Waals surface area contributed by atoms with Crippen LogP contribution in [-0.4, -0.2) is 28.2 Å².